The zero-order valence-electron chi connectivity index (χ0n) is 13.0. The lowest BCUT2D eigenvalue weighted by atomic mass is 9.85. The Bertz CT molecular complexity index is 665. The van der Waals surface area contributed by atoms with Gasteiger partial charge < -0.3 is 10.6 Å². The highest BCUT2D eigenvalue weighted by atomic mass is 19.1. The lowest BCUT2D eigenvalue weighted by Gasteiger charge is -2.24. The highest BCUT2D eigenvalue weighted by Gasteiger charge is 2.24. The van der Waals surface area contributed by atoms with Crippen LogP contribution < -0.4 is 10.6 Å². The van der Waals surface area contributed by atoms with Crippen LogP contribution in [0.1, 0.15) is 24.8 Å². The monoisotopic (exact) mass is 312 g/mol. The predicted molar refractivity (Wildman–Crippen MR) is 91.0 cm³/mol. The number of anilines is 2. The summed E-state index contributed by atoms with van der Waals surface area (Å²) < 4.78 is 13.5. The number of carbonyl (C=O) groups is 1. The number of rotatable bonds is 6. The van der Waals surface area contributed by atoms with E-state index in [-0.39, 0.29) is 17.6 Å². The average molecular weight is 312 g/mol. The smallest absolute Gasteiger partial charge is 0.227 e. The minimum atomic E-state index is -0.164. The molecular weight excluding hydrogens is 291 g/mol. The van der Waals surface area contributed by atoms with Crippen LogP contribution in [0.4, 0.5) is 15.8 Å². The first-order chi connectivity index (χ1) is 11.2. The van der Waals surface area contributed by atoms with Gasteiger partial charge in [0.15, 0.2) is 0 Å². The second kappa shape index (κ2) is 7.27. The Morgan fingerprint density at radius 2 is 1.74 bits per heavy atom. The van der Waals surface area contributed by atoms with Crippen LogP contribution in [0.25, 0.3) is 0 Å². The van der Waals surface area contributed by atoms with E-state index in [1.807, 2.05) is 30.3 Å². The number of benzene rings is 2. The Hall–Kier alpha value is -2.36. The van der Waals surface area contributed by atoms with Crippen molar-refractivity contribution in [3.8, 4) is 0 Å². The summed E-state index contributed by atoms with van der Waals surface area (Å²) in [5, 5.41) is 6.21. The first kappa shape index (κ1) is 15.5. The number of hydrogen-bond acceptors (Lipinski definition) is 2. The minimum Gasteiger partial charge on any atom is -0.385 e. The molecule has 0 spiro atoms. The van der Waals surface area contributed by atoms with Gasteiger partial charge in [-0.1, -0.05) is 24.6 Å². The molecule has 0 radical (unpaired) electrons. The van der Waals surface area contributed by atoms with Gasteiger partial charge in [-0.05, 0) is 55.2 Å². The number of nitrogens with one attached hydrogen (secondary N) is 2. The predicted octanol–water partition coefficient (Wildman–Crippen LogP) is 4.22. The molecule has 1 aliphatic carbocycles. The summed E-state index contributed by atoms with van der Waals surface area (Å²) in [6.07, 6.45) is 3.79. The normalized spacial score (nSPS) is 14.1. The molecule has 1 amide bonds. The van der Waals surface area contributed by atoms with E-state index in [1.54, 1.807) is 12.1 Å². The largest absolute Gasteiger partial charge is 0.385 e. The summed E-state index contributed by atoms with van der Waals surface area (Å²) in [7, 11) is 0. The van der Waals surface area contributed by atoms with Gasteiger partial charge in [-0.15, -0.1) is 0 Å². The van der Waals surface area contributed by atoms with Crippen molar-refractivity contribution < 1.29 is 9.18 Å². The Labute approximate surface area is 135 Å². The molecule has 2 aromatic carbocycles. The van der Waals surface area contributed by atoms with Crippen LogP contribution in [-0.4, -0.2) is 12.5 Å². The van der Waals surface area contributed by atoms with Crippen LogP contribution in [-0.2, 0) is 11.2 Å². The van der Waals surface area contributed by atoms with E-state index in [2.05, 4.69) is 10.6 Å². The van der Waals surface area contributed by atoms with Crippen molar-refractivity contribution in [2.75, 3.05) is 17.2 Å². The van der Waals surface area contributed by atoms with Crippen LogP contribution in [0.5, 0.6) is 0 Å². The van der Waals surface area contributed by atoms with E-state index in [0.717, 1.165) is 30.6 Å². The summed E-state index contributed by atoms with van der Waals surface area (Å²) in [5.41, 5.74) is 2.49. The van der Waals surface area contributed by atoms with E-state index < -0.39 is 0 Å². The highest BCUT2D eigenvalue weighted by Crippen LogP contribution is 2.27. The molecule has 1 saturated carbocycles. The Balaban J connectivity index is 1.47. The van der Waals surface area contributed by atoms with Crippen molar-refractivity contribution >= 4 is 17.3 Å². The third-order valence-corrected chi connectivity index (χ3v) is 4.31. The molecular formula is C19H21FN2O. The van der Waals surface area contributed by atoms with Gasteiger partial charge in [-0.25, -0.2) is 4.39 Å². The van der Waals surface area contributed by atoms with Gasteiger partial charge in [0, 0.05) is 23.8 Å². The van der Waals surface area contributed by atoms with Crippen LogP contribution in [0, 0.1) is 11.7 Å². The third-order valence-electron chi connectivity index (χ3n) is 4.31. The molecule has 0 bridgehead atoms. The fourth-order valence-corrected chi connectivity index (χ4v) is 2.63. The van der Waals surface area contributed by atoms with E-state index in [1.165, 1.54) is 6.07 Å². The van der Waals surface area contributed by atoms with Crippen molar-refractivity contribution in [3.05, 3.63) is 59.9 Å². The standard InChI is InChI=1S/C19H21FN2O/c20-18-7-2-1-4-14(18)12-13-21-16-8-10-17(11-9-16)22-19(23)15-5-3-6-15/h1-2,4,7-11,15,21H,3,5-6,12-13H2,(H,22,23). The molecule has 120 valence electrons. The summed E-state index contributed by atoms with van der Waals surface area (Å²) in [6, 6.07) is 14.5. The maximum Gasteiger partial charge on any atom is 0.227 e. The molecule has 0 saturated heterocycles. The van der Waals surface area contributed by atoms with E-state index in [4.69, 9.17) is 0 Å². The summed E-state index contributed by atoms with van der Waals surface area (Å²) in [4.78, 5) is 11.9. The van der Waals surface area contributed by atoms with Crippen LogP contribution >= 0.6 is 0 Å². The van der Waals surface area contributed by atoms with Crippen molar-refractivity contribution in [1.29, 1.82) is 0 Å². The summed E-state index contributed by atoms with van der Waals surface area (Å²) >= 11 is 0. The molecule has 0 atom stereocenters. The number of amides is 1. The lowest BCUT2D eigenvalue weighted by Crippen LogP contribution is -2.27. The van der Waals surface area contributed by atoms with Gasteiger partial charge in [0.25, 0.3) is 0 Å². The second-order valence-corrected chi connectivity index (χ2v) is 5.96. The lowest BCUT2D eigenvalue weighted by molar-refractivity contribution is -0.122. The molecule has 0 unspecified atom stereocenters. The van der Waals surface area contributed by atoms with Crippen LogP contribution in [0.15, 0.2) is 48.5 Å². The maximum atomic E-state index is 13.5. The fourth-order valence-electron chi connectivity index (χ4n) is 2.63. The molecule has 0 aromatic heterocycles. The molecule has 4 heteroatoms. The first-order valence-electron chi connectivity index (χ1n) is 8.10. The maximum absolute atomic E-state index is 13.5. The Morgan fingerprint density at radius 1 is 1.04 bits per heavy atom. The number of halogens is 1. The molecule has 1 fully saturated rings. The van der Waals surface area contributed by atoms with Gasteiger partial charge in [-0.2, -0.15) is 0 Å². The summed E-state index contributed by atoms with van der Waals surface area (Å²) in [6.45, 7) is 0.661. The minimum absolute atomic E-state index is 0.122. The molecule has 0 heterocycles. The zero-order chi connectivity index (χ0) is 16.1. The van der Waals surface area contributed by atoms with Crippen molar-refractivity contribution in [1.82, 2.24) is 0 Å². The van der Waals surface area contributed by atoms with Crippen LogP contribution in [0.2, 0.25) is 0 Å². The van der Waals surface area contributed by atoms with Gasteiger partial charge >= 0.3 is 0 Å². The molecule has 2 N–H and O–H groups in total. The Kier molecular flexibility index (Phi) is 4.91. The van der Waals surface area contributed by atoms with Crippen molar-refractivity contribution in [2.45, 2.75) is 25.7 Å². The molecule has 0 aliphatic heterocycles. The number of carbonyl (C=O) groups excluding carboxylic acids is 1. The molecule has 3 nitrogen and oxygen atoms in total. The topological polar surface area (TPSA) is 41.1 Å². The van der Waals surface area contributed by atoms with Crippen LogP contribution in [0.3, 0.4) is 0 Å². The molecule has 1 aliphatic rings. The molecule has 2 aromatic rings. The van der Waals surface area contributed by atoms with Gasteiger partial charge in [-0.3, -0.25) is 4.79 Å². The molecule has 3 rings (SSSR count). The number of hydrogen-bond donors (Lipinski definition) is 2. The fraction of sp³-hybridized carbons (Fsp3) is 0.316. The Morgan fingerprint density at radius 3 is 2.39 bits per heavy atom. The van der Waals surface area contributed by atoms with Crippen molar-refractivity contribution in [2.24, 2.45) is 5.92 Å². The van der Waals surface area contributed by atoms with Crippen molar-refractivity contribution in [3.63, 3.8) is 0 Å². The third kappa shape index (κ3) is 4.09. The zero-order valence-corrected chi connectivity index (χ0v) is 13.0. The van der Waals surface area contributed by atoms with Gasteiger partial charge in [0.05, 0.1) is 0 Å². The SMILES string of the molecule is O=C(Nc1ccc(NCCc2ccccc2F)cc1)C1CCC1. The molecule has 23 heavy (non-hydrogen) atoms. The first-order valence-corrected chi connectivity index (χ1v) is 8.10. The highest BCUT2D eigenvalue weighted by molar-refractivity contribution is 5.93. The quantitative estimate of drug-likeness (QED) is 0.838. The van der Waals surface area contributed by atoms with Gasteiger partial charge in [0.2, 0.25) is 5.91 Å². The van der Waals surface area contributed by atoms with E-state index in [9.17, 15) is 9.18 Å². The average Bonchev–Trinajstić information content (AvgIpc) is 2.49. The summed E-state index contributed by atoms with van der Waals surface area (Å²) in [5.74, 6) is 0.147. The van der Waals surface area contributed by atoms with E-state index >= 15 is 0 Å². The van der Waals surface area contributed by atoms with Gasteiger partial charge in [0.1, 0.15) is 5.82 Å². The van der Waals surface area contributed by atoms with E-state index in [0.29, 0.717) is 18.5 Å². The second-order valence-electron chi connectivity index (χ2n) is 5.96.